The molecule has 0 radical (unpaired) electrons. The summed E-state index contributed by atoms with van der Waals surface area (Å²) in [5.74, 6) is -2.23. The maximum Gasteiger partial charge on any atom is 0.218 e. The van der Waals surface area contributed by atoms with Gasteiger partial charge >= 0.3 is 0 Å². The van der Waals surface area contributed by atoms with E-state index in [2.05, 4.69) is 0 Å². The fourth-order valence-electron chi connectivity index (χ4n) is 3.50. The Morgan fingerprint density at radius 3 is 2.00 bits per heavy atom. The highest BCUT2D eigenvalue weighted by Crippen LogP contribution is 2.31. The molecule has 1 aliphatic carbocycles. The predicted molar refractivity (Wildman–Crippen MR) is 90.1 cm³/mol. The summed E-state index contributed by atoms with van der Waals surface area (Å²) in [5, 5.41) is -1.04. The molecule has 1 aliphatic heterocycles. The monoisotopic (exact) mass is 393 g/mol. The van der Waals surface area contributed by atoms with Crippen LogP contribution in [0.25, 0.3) is 0 Å². The van der Waals surface area contributed by atoms with E-state index in [9.17, 15) is 25.6 Å². The first-order valence-electron chi connectivity index (χ1n) is 8.34. The molecule has 1 heterocycles. The van der Waals surface area contributed by atoms with Crippen LogP contribution in [0.3, 0.4) is 0 Å². The molecule has 1 saturated heterocycles. The lowest BCUT2D eigenvalue weighted by Gasteiger charge is -2.39. The van der Waals surface area contributed by atoms with Crippen molar-refractivity contribution in [2.24, 2.45) is 0 Å². The molecule has 0 bridgehead atoms. The van der Waals surface area contributed by atoms with Gasteiger partial charge < -0.3 is 0 Å². The van der Waals surface area contributed by atoms with Crippen LogP contribution < -0.4 is 0 Å². The highest BCUT2D eigenvalue weighted by Gasteiger charge is 2.45. The quantitative estimate of drug-likeness (QED) is 0.769. The van der Waals surface area contributed by atoms with Gasteiger partial charge in [0.1, 0.15) is 11.6 Å². The summed E-state index contributed by atoms with van der Waals surface area (Å²) < 4.78 is 77.3. The molecule has 5 nitrogen and oxygen atoms in total. The zero-order valence-corrected chi connectivity index (χ0v) is 15.3. The van der Waals surface area contributed by atoms with Crippen LogP contribution in [0, 0.1) is 11.6 Å². The SMILES string of the molecule is O=S(=O)(C1CCCCC1)C1CN(S(=O)(=O)Cc2cc(F)cc(F)c2)C1. The number of sulfonamides is 1. The summed E-state index contributed by atoms with van der Waals surface area (Å²) in [7, 11) is -7.13. The average molecular weight is 393 g/mol. The van der Waals surface area contributed by atoms with Crippen LogP contribution in [0.2, 0.25) is 0 Å². The predicted octanol–water partition coefficient (Wildman–Crippen LogP) is 2.23. The van der Waals surface area contributed by atoms with E-state index < -0.39 is 42.5 Å². The van der Waals surface area contributed by atoms with E-state index in [-0.39, 0.29) is 23.9 Å². The molecule has 0 spiro atoms. The van der Waals surface area contributed by atoms with Gasteiger partial charge in [-0.1, -0.05) is 19.3 Å². The van der Waals surface area contributed by atoms with Crippen LogP contribution in [0.4, 0.5) is 8.78 Å². The van der Waals surface area contributed by atoms with Gasteiger partial charge in [-0.15, -0.1) is 0 Å². The minimum atomic E-state index is -3.80. The Morgan fingerprint density at radius 2 is 1.44 bits per heavy atom. The molecular weight excluding hydrogens is 372 g/mol. The Labute approximate surface area is 147 Å². The van der Waals surface area contributed by atoms with Crippen LogP contribution in [-0.4, -0.2) is 44.7 Å². The van der Waals surface area contributed by atoms with Gasteiger partial charge in [0.2, 0.25) is 10.0 Å². The van der Waals surface area contributed by atoms with Crippen LogP contribution in [0.1, 0.15) is 37.7 Å². The molecule has 0 amide bonds. The molecule has 140 valence electrons. The van der Waals surface area contributed by atoms with Crippen LogP contribution >= 0.6 is 0 Å². The second-order valence-corrected chi connectivity index (χ2v) is 11.3. The number of halogens is 2. The summed E-state index contributed by atoms with van der Waals surface area (Å²) in [6.07, 6.45) is 4.12. The zero-order chi connectivity index (χ0) is 18.2. The summed E-state index contributed by atoms with van der Waals surface area (Å²) in [6.45, 7) is -0.141. The molecule has 2 fully saturated rings. The number of sulfone groups is 1. The van der Waals surface area contributed by atoms with Gasteiger partial charge in [0.05, 0.1) is 16.3 Å². The number of hydrogen-bond donors (Lipinski definition) is 0. The smallest absolute Gasteiger partial charge is 0.218 e. The minimum absolute atomic E-state index is 0.0103. The third-order valence-corrected chi connectivity index (χ3v) is 9.37. The second-order valence-electron chi connectivity index (χ2n) is 6.82. The first-order valence-corrected chi connectivity index (χ1v) is 11.6. The zero-order valence-electron chi connectivity index (χ0n) is 13.7. The van der Waals surface area contributed by atoms with Crippen molar-refractivity contribution in [1.29, 1.82) is 0 Å². The fraction of sp³-hybridized carbons (Fsp3) is 0.625. The largest absolute Gasteiger partial charge is 0.228 e. The van der Waals surface area contributed by atoms with E-state index in [0.29, 0.717) is 18.9 Å². The van der Waals surface area contributed by atoms with Crippen molar-refractivity contribution in [3.63, 3.8) is 0 Å². The van der Waals surface area contributed by atoms with Crippen LogP contribution in [-0.2, 0) is 25.6 Å². The Bertz CT molecular complexity index is 823. The third-order valence-electron chi connectivity index (χ3n) is 4.96. The van der Waals surface area contributed by atoms with Gasteiger partial charge in [0.15, 0.2) is 9.84 Å². The van der Waals surface area contributed by atoms with Gasteiger partial charge in [0, 0.05) is 19.2 Å². The van der Waals surface area contributed by atoms with E-state index >= 15 is 0 Å². The molecule has 0 atom stereocenters. The summed E-state index contributed by atoms with van der Waals surface area (Å²) in [4.78, 5) is 0. The van der Waals surface area contributed by atoms with Gasteiger partial charge in [-0.25, -0.2) is 25.6 Å². The molecule has 0 unspecified atom stereocenters. The number of hydrogen-bond acceptors (Lipinski definition) is 4. The first kappa shape index (κ1) is 18.7. The van der Waals surface area contributed by atoms with Crippen molar-refractivity contribution in [2.75, 3.05) is 13.1 Å². The van der Waals surface area contributed by atoms with Crippen molar-refractivity contribution in [3.05, 3.63) is 35.4 Å². The van der Waals surface area contributed by atoms with E-state index in [4.69, 9.17) is 0 Å². The number of nitrogens with zero attached hydrogens (tertiary/aromatic N) is 1. The average Bonchev–Trinajstić information content (AvgIpc) is 2.44. The maximum absolute atomic E-state index is 13.2. The summed E-state index contributed by atoms with van der Waals surface area (Å²) >= 11 is 0. The molecule has 3 rings (SSSR count). The number of rotatable bonds is 5. The standard InChI is InChI=1S/C16H21F2NO4S2/c17-13-6-12(7-14(18)8-13)11-24(20,21)19-9-16(10-19)25(22,23)15-4-2-1-3-5-15/h6-8,15-16H,1-5,9-11H2. The molecule has 1 aromatic carbocycles. The van der Waals surface area contributed by atoms with Gasteiger partial charge in [-0.05, 0) is 30.5 Å². The lowest BCUT2D eigenvalue weighted by atomic mass is 10.0. The van der Waals surface area contributed by atoms with Crippen molar-refractivity contribution < 1.29 is 25.6 Å². The molecule has 1 saturated carbocycles. The molecule has 25 heavy (non-hydrogen) atoms. The lowest BCUT2D eigenvalue weighted by Crippen LogP contribution is -2.58. The number of benzene rings is 1. The lowest BCUT2D eigenvalue weighted by molar-refractivity contribution is 0.306. The Balaban J connectivity index is 1.64. The fourth-order valence-corrected chi connectivity index (χ4v) is 7.58. The van der Waals surface area contributed by atoms with E-state index in [1.54, 1.807) is 0 Å². The van der Waals surface area contributed by atoms with Crippen LogP contribution in [0.15, 0.2) is 18.2 Å². The van der Waals surface area contributed by atoms with Crippen LogP contribution in [0.5, 0.6) is 0 Å². The summed E-state index contributed by atoms with van der Waals surface area (Å²) in [5.41, 5.74) is 0.0103. The topological polar surface area (TPSA) is 71.5 Å². The van der Waals surface area contributed by atoms with Crippen molar-refractivity contribution in [1.82, 2.24) is 4.31 Å². The summed E-state index contributed by atoms with van der Waals surface area (Å²) in [6, 6.07) is 2.61. The molecule has 1 aromatic rings. The molecule has 9 heteroatoms. The van der Waals surface area contributed by atoms with Gasteiger partial charge in [-0.3, -0.25) is 0 Å². The Kier molecular flexibility index (Phi) is 5.18. The normalized spacial score (nSPS) is 21.2. The minimum Gasteiger partial charge on any atom is -0.228 e. The van der Waals surface area contributed by atoms with Gasteiger partial charge in [0.25, 0.3) is 0 Å². The molecule has 0 aromatic heterocycles. The van der Waals surface area contributed by atoms with Crippen molar-refractivity contribution >= 4 is 19.9 Å². The van der Waals surface area contributed by atoms with E-state index in [0.717, 1.165) is 35.7 Å². The molecule has 2 aliphatic rings. The van der Waals surface area contributed by atoms with Gasteiger partial charge in [-0.2, -0.15) is 4.31 Å². The second kappa shape index (κ2) is 6.92. The Morgan fingerprint density at radius 1 is 0.880 bits per heavy atom. The van der Waals surface area contributed by atoms with E-state index in [1.807, 2.05) is 0 Å². The molecular formula is C16H21F2NO4S2. The Hall–Kier alpha value is -1.06. The molecule has 0 N–H and O–H groups in total. The third kappa shape index (κ3) is 4.03. The first-order chi connectivity index (χ1) is 11.7. The van der Waals surface area contributed by atoms with Crippen molar-refractivity contribution in [2.45, 2.75) is 48.4 Å². The highest BCUT2D eigenvalue weighted by atomic mass is 32.2. The van der Waals surface area contributed by atoms with E-state index in [1.165, 1.54) is 0 Å². The maximum atomic E-state index is 13.2. The van der Waals surface area contributed by atoms with Crippen molar-refractivity contribution in [3.8, 4) is 0 Å². The highest BCUT2D eigenvalue weighted by molar-refractivity contribution is 7.93.